The zero-order valence-corrected chi connectivity index (χ0v) is 27.7. The van der Waals surface area contributed by atoms with E-state index in [2.05, 4.69) is 15.3 Å². The Morgan fingerprint density at radius 2 is 1.63 bits per heavy atom. The van der Waals surface area contributed by atoms with Gasteiger partial charge in [-0.2, -0.15) is 9.57 Å². The molecular weight excluding hydrogens is 635 g/mol. The summed E-state index contributed by atoms with van der Waals surface area (Å²) in [7, 11) is -7.86. The van der Waals surface area contributed by atoms with Crippen LogP contribution in [0.15, 0.2) is 59.5 Å². The molecule has 0 saturated carbocycles. The molecular formula is C30H35N7O7S2. The molecule has 0 spiro atoms. The Morgan fingerprint density at radius 1 is 1.00 bits per heavy atom. The number of amides is 1. The van der Waals surface area contributed by atoms with Crippen LogP contribution in [0.5, 0.6) is 0 Å². The smallest absolute Gasteiger partial charge is 0.327 e. The number of hydrogen-bond donors (Lipinski definition) is 1. The third-order valence-electron chi connectivity index (χ3n) is 6.74. The van der Waals surface area contributed by atoms with E-state index in [0.29, 0.717) is 24.7 Å². The van der Waals surface area contributed by atoms with Crippen molar-refractivity contribution in [1.82, 2.24) is 14.3 Å². The fourth-order valence-corrected chi connectivity index (χ4v) is 6.97. The average molecular weight is 670 g/mol. The van der Waals surface area contributed by atoms with Crippen LogP contribution in [0.1, 0.15) is 42.5 Å². The molecule has 0 unspecified atom stereocenters. The van der Waals surface area contributed by atoms with Gasteiger partial charge in [-0.15, -0.1) is 0 Å². The van der Waals surface area contributed by atoms with E-state index in [1.54, 1.807) is 39.8 Å². The Labute approximate surface area is 268 Å². The molecule has 4 rings (SSSR count). The third-order valence-corrected chi connectivity index (χ3v) is 9.78. The summed E-state index contributed by atoms with van der Waals surface area (Å²) in [6.07, 6.45) is 0.923. The van der Waals surface area contributed by atoms with E-state index in [0.717, 1.165) is 10.6 Å². The summed E-state index contributed by atoms with van der Waals surface area (Å²) in [6.45, 7) is 7.11. The van der Waals surface area contributed by atoms with Gasteiger partial charge in [0.2, 0.25) is 26.0 Å². The molecule has 244 valence electrons. The first-order valence-corrected chi connectivity index (χ1v) is 17.5. The van der Waals surface area contributed by atoms with Gasteiger partial charge in [-0.05, 0) is 70.2 Å². The van der Waals surface area contributed by atoms with E-state index in [-0.39, 0.29) is 40.6 Å². The number of rotatable bonds is 9. The van der Waals surface area contributed by atoms with Crippen LogP contribution in [-0.4, -0.2) is 87.6 Å². The van der Waals surface area contributed by atoms with Gasteiger partial charge < -0.3 is 15.0 Å². The maximum Gasteiger partial charge on any atom is 0.327 e. The van der Waals surface area contributed by atoms with Gasteiger partial charge in [-0.3, -0.25) is 13.9 Å². The molecule has 16 heteroatoms. The number of ether oxygens (including phenoxy) is 1. The van der Waals surface area contributed by atoms with Gasteiger partial charge in [0, 0.05) is 37.6 Å². The van der Waals surface area contributed by atoms with E-state index in [1.165, 1.54) is 46.8 Å². The highest BCUT2D eigenvalue weighted by atomic mass is 32.2. The highest BCUT2D eigenvalue weighted by Crippen LogP contribution is 2.26. The maximum absolute atomic E-state index is 13.4. The summed E-state index contributed by atoms with van der Waals surface area (Å²) in [5.41, 5.74) is 0.260. The predicted molar refractivity (Wildman–Crippen MR) is 171 cm³/mol. The first-order valence-electron chi connectivity index (χ1n) is 14.2. The van der Waals surface area contributed by atoms with Crippen molar-refractivity contribution >= 4 is 49.2 Å². The van der Waals surface area contributed by atoms with Crippen LogP contribution in [0.25, 0.3) is 0 Å². The lowest BCUT2D eigenvalue weighted by Gasteiger charge is -2.34. The molecule has 2 aromatic carbocycles. The molecule has 1 amide bonds. The molecule has 1 saturated heterocycles. The first-order chi connectivity index (χ1) is 21.5. The fourth-order valence-electron chi connectivity index (χ4n) is 4.69. The fraction of sp³-hybridized carbons (Fsp3) is 0.367. The number of nitrogens with one attached hydrogen (secondary N) is 1. The molecule has 14 nitrogen and oxygen atoms in total. The second-order valence-corrected chi connectivity index (χ2v) is 15.4. The lowest BCUT2D eigenvalue weighted by atomic mass is 10.1. The van der Waals surface area contributed by atoms with Gasteiger partial charge in [-0.25, -0.2) is 26.8 Å². The van der Waals surface area contributed by atoms with Gasteiger partial charge in [0.15, 0.2) is 0 Å². The van der Waals surface area contributed by atoms with E-state index < -0.39 is 44.1 Å². The largest absolute Gasteiger partial charge is 0.459 e. The predicted octanol–water partition coefficient (Wildman–Crippen LogP) is 2.53. The molecule has 0 radical (unpaired) electrons. The Hall–Kier alpha value is -4.59. The molecule has 3 aromatic rings. The zero-order valence-electron chi connectivity index (χ0n) is 26.1. The van der Waals surface area contributed by atoms with Crippen molar-refractivity contribution in [2.24, 2.45) is 0 Å². The average Bonchev–Trinajstić information content (AvgIpc) is 2.98. The number of sulfonamides is 2. The lowest BCUT2D eigenvalue weighted by molar-refractivity contribution is -0.152. The molecule has 46 heavy (non-hydrogen) atoms. The highest BCUT2D eigenvalue weighted by Gasteiger charge is 2.30. The van der Waals surface area contributed by atoms with E-state index in [9.17, 15) is 31.7 Å². The van der Waals surface area contributed by atoms with Crippen molar-refractivity contribution < 1.29 is 31.2 Å². The quantitative estimate of drug-likeness (QED) is 0.331. The Balaban J connectivity index is 1.46. The Bertz CT molecular complexity index is 1880. The molecule has 1 aliphatic rings. The first kappa shape index (κ1) is 34.3. The van der Waals surface area contributed by atoms with Crippen molar-refractivity contribution in [3.05, 3.63) is 71.5 Å². The maximum atomic E-state index is 13.4. The number of carbonyl (C=O) groups is 2. The van der Waals surface area contributed by atoms with Crippen LogP contribution in [0.4, 0.5) is 17.3 Å². The molecule has 0 aliphatic carbocycles. The van der Waals surface area contributed by atoms with Crippen LogP contribution in [-0.2, 0) is 29.6 Å². The molecule has 1 fully saturated rings. The van der Waals surface area contributed by atoms with Gasteiger partial charge in [0.1, 0.15) is 23.9 Å². The number of aryl methyl sites for hydroxylation is 1. The van der Waals surface area contributed by atoms with Crippen molar-refractivity contribution in [2.45, 2.75) is 38.2 Å². The molecule has 1 aliphatic heterocycles. The van der Waals surface area contributed by atoms with E-state index >= 15 is 0 Å². The molecule has 2 heterocycles. The summed E-state index contributed by atoms with van der Waals surface area (Å²) in [5, 5.41) is 11.9. The summed E-state index contributed by atoms with van der Waals surface area (Å²) < 4.78 is 59.5. The van der Waals surface area contributed by atoms with Crippen LogP contribution in [0.3, 0.4) is 0 Å². The van der Waals surface area contributed by atoms with Crippen molar-refractivity contribution in [2.75, 3.05) is 53.5 Å². The topological polar surface area (TPSA) is 183 Å². The van der Waals surface area contributed by atoms with Crippen LogP contribution in [0, 0.1) is 18.3 Å². The van der Waals surface area contributed by atoms with Crippen LogP contribution >= 0.6 is 0 Å². The minimum absolute atomic E-state index is 0.0217. The summed E-state index contributed by atoms with van der Waals surface area (Å²) >= 11 is 0. The lowest BCUT2D eigenvalue weighted by Crippen LogP contribution is -2.49. The molecule has 1 N–H and O–H groups in total. The normalized spacial score (nSPS) is 14.3. The number of carbonyl (C=O) groups excluding carboxylic acids is 2. The number of piperazine rings is 1. The minimum Gasteiger partial charge on any atom is -0.459 e. The SMILES string of the molecule is Cc1cc(C#N)nc(N2CCN(S(=O)(=O)c3ccc(NC(=O)c4ccccc4N(CC(=O)OC(C)(C)C)S(C)(=O)=O)cc3)CC2)n1. The monoisotopic (exact) mass is 669 g/mol. The van der Waals surface area contributed by atoms with Crippen LogP contribution in [0.2, 0.25) is 0 Å². The number of anilines is 3. The van der Waals surface area contributed by atoms with E-state index in [4.69, 9.17) is 4.74 Å². The Kier molecular flexibility index (Phi) is 10.00. The second kappa shape index (κ2) is 13.4. The standard InChI is InChI=1S/C30H35N7O7S2/c1-21-18-23(19-31)34-29(32-21)35-14-16-36(17-15-35)46(42,43)24-12-10-22(11-13-24)33-28(39)25-8-6-7-9-26(25)37(45(5,40)41)20-27(38)44-30(2,3)4/h6-13,18H,14-17,20H2,1-5H3,(H,33,39). The number of esters is 1. The number of nitriles is 1. The minimum atomic E-state index is -4.00. The van der Waals surface area contributed by atoms with Crippen LogP contribution < -0.4 is 14.5 Å². The van der Waals surface area contributed by atoms with Gasteiger partial charge >= 0.3 is 5.97 Å². The molecule has 1 aromatic heterocycles. The third kappa shape index (κ3) is 8.36. The number of benzene rings is 2. The second-order valence-electron chi connectivity index (χ2n) is 11.5. The van der Waals surface area contributed by atoms with Gasteiger partial charge in [0.25, 0.3) is 5.91 Å². The highest BCUT2D eigenvalue weighted by molar-refractivity contribution is 7.92. The van der Waals surface area contributed by atoms with E-state index in [1.807, 2.05) is 11.0 Å². The van der Waals surface area contributed by atoms with Gasteiger partial charge in [-0.1, -0.05) is 12.1 Å². The summed E-state index contributed by atoms with van der Waals surface area (Å²) in [6, 6.07) is 15.1. The van der Waals surface area contributed by atoms with Crippen molar-refractivity contribution in [3.63, 3.8) is 0 Å². The van der Waals surface area contributed by atoms with Crippen molar-refractivity contribution in [1.29, 1.82) is 5.26 Å². The summed E-state index contributed by atoms with van der Waals surface area (Å²) in [4.78, 5) is 36.3. The number of para-hydroxylation sites is 1. The number of hydrogen-bond acceptors (Lipinski definition) is 11. The van der Waals surface area contributed by atoms with Gasteiger partial charge in [0.05, 0.1) is 22.4 Å². The molecule has 0 bridgehead atoms. The number of nitrogens with zero attached hydrogens (tertiary/aromatic N) is 6. The Morgan fingerprint density at radius 3 is 2.22 bits per heavy atom. The number of aromatic nitrogens is 2. The molecule has 0 atom stereocenters. The van der Waals surface area contributed by atoms with Crippen molar-refractivity contribution in [3.8, 4) is 6.07 Å². The zero-order chi connectivity index (χ0) is 33.9. The summed E-state index contributed by atoms with van der Waals surface area (Å²) in [5.74, 6) is -1.08.